The van der Waals surface area contributed by atoms with Crippen molar-refractivity contribution in [1.29, 1.82) is 0 Å². The van der Waals surface area contributed by atoms with Crippen LogP contribution in [0.5, 0.6) is 0 Å². The number of hydrogen-bond donors (Lipinski definition) is 2. The molecule has 0 rings (SSSR count). The van der Waals surface area contributed by atoms with Crippen LogP contribution in [0.2, 0.25) is 0 Å². The third-order valence-corrected chi connectivity index (χ3v) is 6.46. The highest BCUT2D eigenvalue weighted by Crippen LogP contribution is 2.20. The average Bonchev–Trinajstić information content (AvgIpc) is 2.67. The SMILES string of the molecule is CCCCCCCCC(C)C(C)(C)N.CCCCCCCCCCCCOS(=O)(=O)O. The second kappa shape index (κ2) is 21.7. The monoisotopic (exact) mass is 465 g/mol. The van der Waals surface area contributed by atoms with Crippen molar-refractivity contribution in [3.8, 4) is 0 Å². The van der Waals surface area contributed by atoms with Gasteiger partial charge in [0.1, 0.15) is 0 Å². The molecule has 0 saturated carbocycles. The molecule has 0 saturated heterocycles. The summed E-state index contributed by atoms with van der Waals surface area (Å²) in [7, 11) is -4.23. The van der Waals surface area contributed by atoms with Crippen LogP contribution >= 0.6 is 0 Å². The molecule has 1 unspecified atom stereocenters. The third kappa shape index (κ3) is 29.8. The van der Waals surface area contributed by atoms with Gasteiger partial charge in [0.25, 0.3) is 0 Å². The van der Waals surface area contributed by atoms with Gasteiger partial charge in [0.2, 0.25) is 0 Å². The summed E-state index contributed by atoms with van der Waals surface area (Å²) in [5.74, 6) is 0.647. The quantitative estimate of drug-likeness (QED) is 0.141. The van der Waals surface area contributed by atoms with Gasteiger partial charge in [-0.1, -0.05) is 117 Å². The molecule has 3 N–H and O–H groups in total. The van der Waals surface area contributed by atoms with E-state index in [4.69, 9.17) is 10.3 Å². The highest BCUT2D eigenvalue weighted by atomic mass is 32.3. The molecule has 0 aliphatic carbocycles. The summed E-state index contributed by atoms with van der Waals surface area (Å²) < 4.78 is 33.0. The maximum absolute atomic E-state index is 10.2. The van der Waals surface area contributed by atoms with Crippen LogP contribution in [-0.4, -0.2) is 25.1 Å². The van der Waals surface area contributed by atoms with Crippen molar-refractivity contribution in [2.75, 3.05) is 6.61 Å². The molecule has 0 spiro atoms. The first-order valence-electron chi connectivity index (χ1n) is 12.9. The molecule has 1 atom stereocenters. The summed E-state index contributed by atoms with van der Waals surface area (Å²) in [6, 6.07) is 0. The maximum Gasteiger partial charge on any atom is 0.397 e. The number of hydrogen-bond acceptors (Lipinski definition) is 4. The zero-order valence-electron chi connectivity index (χ0n) is 21.5. The van der Waals surface area contributed by atoms with Crippen molar-refractivity contribution in [2.24, 2.45) is 11.7 Å². The molecule has 0 aromatic heterocycles. The Bertz CT molecular complexity index is 461. The third-order valence-electron chi connectivity index (χ3n) is 5.99. The Hall–Kier alpha value is -0.170. The highest BCUT2D eigenvalue weighted by molar-refractivity contribution is 7.80. The summed E-state index contributed by atoms with van der Waals surface area (Å²) in [6.07, 6.45) is 21.4. The van der Waals surface area contributed by atoms with E-state index in [-0.39, 0.29) is 12.1 Å². The van der Waals surface area contributed by atoms with E-state index >= 15 is 0 Å². The van der Waals surface area contributed by atoms with Crippen LogP contribution in [0.1, 0.15) is 144 Å². The highest BCUT2D eigenvalue weighted by Gasteiger charge is 2.19. The molecule has 31 heavy (non-hydrogen) atoms. The Kier molecular flexibility index (Phi) is 23.1. The van der Waals surface area contributed by atoms with Crippen molar-refractivity contribution >= 4 is 10.4 Å². The van der Waals surface area contributed by atoms with Gasteiger partial charge >= 0.3 is 10.4 Å². The van der Waals surface area contributed by atoms with E-state index in [2.05, 4.69) is 38.8 Å². The molecule has 5 nitrogen and oxygen atoms in total. The Morgan fingerprint density at radius 1 is 0.742 bits per heavy atom. The second-order valence-corrected chi connectivity index (χ2v) is 10.8. The van der Waals surface area contributed by atoms with Gasteiger partial charge in [-0.2, -0.15) is 8.42 Å². The van der Waals surface area contributed by atoms with Gasteiger partial charge in [-0.25, -0.2) is 4.18 Å². The predicted molar refractivity (Wildman–Crippen MR) is 135 cm³/mol. The molecule has 0 aliphatic rings. The number of unbranched alkanes of at least 4 members (excludes halogenated alkanes) is 14. The molecule has 0 bridgehead atoms. The summed E-state index contributed by atoms with van der Waals surface area (Å²) in [5.41, 5.74) is 6.04. The van der Waals surface area contributed by atoms with Gasteiger partial charge in [0.15, 0.2) is 0 Å². The van der Waals surface area contributed by atoms with E-state index in [1.807, 2.05) is 0 Å². The predicted octanol–water partition coefficient (Wildman–Crippen LogP) is 7.84. The minimum Gasteiger partial charge on any atom is -0.325 e. The van der Waals surface area contributed by atoms with Gasteiger partial charge in [-0.15, -0.1) is 0 Å². The second-order valence-electron chi connectivity index (χ2n) is 9.71. The fourth-order valence-corrected chi connectivity index (χ4v) is 3.69. The first-order valence-corrected chi connectivity index (χ1v) is 14.3. The van der Waals surface area contributed by atoms with Gasteiger partial charge in [0, 0.05) is 5.54 Å². The summed E-state index contributed by atoms with van der Waals surface area (Å²) >= 11 is 0. The molecule has 0 radical (unpaired) electrons. The van der Waals surface area contributed by atoms with Gasteiger partial charge in [-0.3, -0.25) is 4.55 Å². The van der Waals surface area contributed by atoms with E-state index < -0.39 is 10.4 Å². The number of rotatable bonds is 20. The molecular formula is C25H55NO4S. The molecule has 0 aromatic rings. The molecule has 190 valence electrons. The van der Waals surface area contributed by atoms with Crippen molar-refractivity contribution in [1.82, 2.24) is 0 Å². The summed E-state index contributed by atoms with van der Waals surface area (Å²) in [5, 5.41) is 0. The Balaban J connectivity index is 0. The summed E-state index contributed by atoms with van der Waals surface area (Å²) in [4.78, 5) is 0. The molecule has 0 aromatic carbocycles. The van der Waals surface area contributed by atoms with Crippen LogP contribution < -0.4 is 5.73 Å². The average molecular weight is 466 g/mol. The van der Waals surface area contributed by atoms with E-state index in [1.165, 1.54) is 89.9 Å². The minimum atomic E-state index is -4.23. The fraction of sp³-hybridized carbons (Fsp3) is 1.00. The zero-order chi connectivity index (χ0) is 24.0. The number of nitrogens with two attached hydrogens (primary N) is 1. The lowest BCUT2D eigenvalue weighted by Crippen LogP contribution is -2.39. The van der Waals surface area contributed by atoms with Crippen LogP contribution in [-0.2, 0) is 14.6 Å². The Labute approximate surface area is 195 Å². The van der Waals surface area contributed by atoms with Crippen molar-refractivity contribution in [2.45, 2.75) is 149 Å². The van der Waals surface area contributed by atoms with Crippen LogP contribution in [0.15, 0.2) is 0 Å². The molecular weight excluding hydrogens is 410 g/mol. The Morgan fingerprint density at radius 3 is 1.45 bits per heavy atom. The van der Waals surface area contributed by atoms with Gasteiger partial charge < -0.3 is 5.73 Å². The first kappa shape index (κ1) is 33.0. The van der Waals surface area contributed by atoms with Gasteiger partial charge in [-0.05, 0) is 32.6 Å². The van der Waals surface area contributed by atoms with Crippen molar-refractivity contribution in [3.63, 3.8) is 0 Å². The molecule has 0 fully saturated rings. The topological polar surface area (TPSA) is 89.6 Å². The Morgan fingerprint density at radius 2 is 1.10 bits per heavy atom. The van der Waals surface area contributed by atoms with Crippen LogP contribution in [0.25, 0.3) is 0 Å². The lowest BCUT2D eigenvalue weighted by Gasteiger charge is -2.27. The van der Waals surface area contributed by atoms with Crippen molar-refractivity contribution < 1.29 is 17.2 Å². The first-order chi connectivity index (χ1) is 14.5. The standard InChI is InChI=1S/C13H29N.C12H26O4S/c1-5-6-7-8-9-10-11-12(2)13(3,4)14;1-2-3-4-5-6-7-8-9-10-11-12-16-17(13,14)15/h12H,5-11,14H2,1-4H3;2-12H2,1H3,(H,13,14,15). The molecule has 6 heteroatoms. The smallest absolute Gasteiger partial charge is 0.325 e. The largest absolute Gasteiger partial charge is 0.397 e. The van der Waals surface area contributed by atoms with E-state index in [0.717, 1.165) is 12.8 Å². The van der Waals surface area contributed by atoms with E-state index in [9.17, 15) is 8.42 Å². The molecule has 0 heterocycles. The van der Waals surface area contributed by atoms with Crippen LogP contribution in [0.3, 0.4) is 0 Å². The normalized spacial score (nSPS) is 13.0. The van der Waals surface area contributed by atoms with E-state index in [1.54, 1.807) is 0 Å². The van der Waals surface area contributed by atoms with Crippen molar-refractivity contribution in [3.05, 3.63) is 0 Å². The molecule has 0 amide bonds. The van der Waals surface area contributed by atoms with E-state index in [0.29, 0.717) is 12.3 Å². The lowest BCUT2D eigenvalue weighted by atomic mass is 9.86. The summed E-state index contributed by atoms with van der Waals surface area (Å²) in [6.45, 7) is 11.1. The minimum absolute atomic E-state index is 0.00339. The molecule has 0 aliphatic heterocycles. The lowest BCUT2D eigenvalue weighted by molar-refractivity contribution is 0.261. The maximum atomic E-state index is 10.2. The van der Waals surface area contributed by atoms with Gasteiger partial charge in [0.05, 0.1) is 6.61 Å². The fourth-order valence-electron chi connectivity index (χ4n) is 3.36. The van der Waals surface area contributed by atoms with Crippen LogP contribution in [0, 0.1) is 5.92 Å². The van der Waals surface area contributed by atoms with Crippen LogP contribution in [0.4, 0.5) is 0 Å². The zero-order valence-corrected chi connectivity index (χ0v) is 22.3.